The SMILES string of the molecule is CC1c2cc(N3CCOCC3)ccc2OC1C(Nc1ccc(C(=O)N(C)CCC(=O)O)cc1)C1CCCCC1. The zero-order valence-corrected chi connectivity index (χ0v) is 23.1. The molecule has 3 atom stereocenters. The number of benzene rings is 2. The van der Waals surface area contributed by atoms with Crippen molar-refractivity contribution in [1.82, 2.24) is 4.90 Å². The molecule has 1 saturated heterocycles. The van der Waals surface area contributed by atoms with Gasteiger partial charge in [0.2, 0.25) is 0 Å². The molecule has 0 spiro atoms. The normalized spacial score (nSPS) is 22.1. The number of ether oxygens (including phenoxy) is 2. The molecule has 2 heterocycles. The molecular formula is C31H41N3O5. The molecule has 5 rings (SSSR count). The summed E-state index contributed by atoms with van der Waals surface area (Å²) in [5.74, 6) is 0.668. The lowest BCUT2D eigenvalue weighted by Crippen LogP contribution is -2.44. The summed E-state index contributed by atoms with van der Waals surface area (Å²) in [5.41, 5.74) is 4.04. The summed E-state index contributed by atoms with van der Waals surface area (Å²) in [6.45, 7) is 5.83. The molecule has 3 unspecified atom stereocenters. The zero-order valence-electron chi connectivity index (χ0n) is 23.1. The van der Waals surface area contributed by atoms with Crippen molar-refractivity contribution in [2.24, 2.45) is 5.92 Å². The summed E-state index contributed by atoms with van der Waals surface area (Å²) in [4.78, 5) is 27.5. The molecule has 2 fully saturated rings. The van der Waals surface area contributed by atoms with E-state index in [4.69, 9.17) is 14.6 Å². The first kappa shape index (κ1) is 27.3. The van der Waals surface area contributed by atoms with E-state index in [9.17, 15) is 9.59 Å². The minimum Gasteiger partial charge on any atom is -0.487 e. The smallest absolute Gasteiger partial charge is 0.305 e. The minimum absolute atomic E-state index is 0.0199. The van der Waals surface area contributed by atoms with Crippen LogP contribution in [0.3, 0.4) is 0 Å². The van der Waals surface area contributed by atoms with Gasteiger partial charge in [-0.1, -0.05) is 26.2 Å². The van der Waals surface area contributed by atoms with E-state index >= 15 is 0 Å². The molecule has 1 saturated carbocycles. The molecule has 210 valence electrons. The summed E-state index contributed by atoms with van der Waals surface area (Å²) in [6, 6.07) is 14.3. The Labute approximate surface area is 231 Å². The Morgan fingerprint density at radius 2 is 1.79 bits per heavy atom. The van der Waals surface area contributed by atoms with Crippen molar-refractivity contribution >= 4 is 23.3 Å². The average Bonchev–Trinajstić information content (AvgIpc) is 3.30. The van der Waals surface area contributed by atoms with Gasteiger partial charge in [0.1, 0.15) is 11.9 Å². The molecule has 1 aliphatic carbocycles. The lowest BCUT2D eigenvalue weighted by atomic mass is 9.78. The topological polar surface area (TPSA) is 91.3 Å². The van der Waals surface area contributed by atoms with Crippen LogP contribution in [0.15, 0.2) is 42.5 Å². The molecule has 0 bridgehead atoms. The second-order valence-corrected chi connectivity index (χ2v) is 11.2. The quantitative estimate of drug-likeness (QED) is 0.467. The van der Waals surface area contributed by atoms with E-state index in [0.717, 1.165) is 37.7 Å². The first-order valence-corrected chi connectivity index (χ1v) is 14.4. The van der Waals surface area contributed by atoms with Crippen molar-refractivity contribution in [1.29, 1.82) is 0 Å². The summed E-state index contributed by atoms with van der Waals surface area (Å²) in [5, 5.41) is 12.7. The van der Waals surface area contributed by atoms with Gasteiger partial charge in [-0.15, -0.1) is 0 Å². The Morgan fingerprint density at radius 1 is 1.08 bits per heavy atom. The van der Waals surface area contributed by atoms with Crippen LogP contribution >= 0.6 is 0 Å². The van der Waals surface area contributed by atoms with E-state index in [-0.39, 0.29) is 36.9 Å². The number of fused-ring (bicyclic) bond motifs is 1. The molecule has 3 aliphatic rings. The summed E-state index contributed by atoms with van der Waals surface area (Å²) in [7, 11) is 1.64. The zero-order chi connectivity index (χ0) is 27.4. The molecule has 2 N–H and O–H groups in total. The van der Waals surface area contributed by atoms with Gasteiger partial charge in [0.15, 0.2) is 0 Å². The van der Waals surface area contributed by atoms with Crippen molar-refractivity contribution in [2.75, 3.05) is 50.1 Å². The fraction of sp³-hybridized carbons (Fsp3) is 0.548. The van der Waals surface area contributed by atoms with E-state index in [2.05, 4.69) is 35.3 Å². The van der Waals surface area contributed by atoms with Crippen LogP contribution < -0.4 is 15.0 Å². The van der Waals surface area contributed by atoms with Gasteiger partial charge in [-0.25, -0.2) is 0 Å². The highest BCUT2D eigenvalue weighted by molar-refractivity contribution is 5.94. The highest BCUT2D eigenvalue weighted by atomic mass is 16.5. The summed E-state index contributed by atoms with van der Waals surface area (Å²) >= 11 is 0. The van der Waals surface area contributed by atoms with Crippen molar-refractivity contribution in [3.8, 4) is 5.75 Å². The van der Waals surface area contributed by atoms with Gasteiger partial charge in [0.05, 0.1) is 25.7 Å². The van der Waals surface area contributed by atoms with E-state index < -0.39 is 5.97 Å². The maximum Gasteiger partial charge on any atom is 0.305 e. The number of amides is 1. The highest BCUT2D eigenvalue weighted by Crippen LogP contribution is 2.44. The molecule has 8 nitrogen and oxygen atoms in total. The predicted octanol–water partition coefficient (Wildman–Crippen LogP) is 5.00. The fourth-order valence-corrected chi connectivity index (χ4v) is 6.28. The third-order valence-electron chi connectivity index (χ3n) is 8.60. The number of hydrogen-bond donors (Lipinski definition) is 2. The van der Waals surface area contributed by atoms with Crippen molar-refractivity contribution in [2.45, 2.75) is 63.5 Å². The fourth-order valence-electron chi connectivity index (χ4n) is 6.28. The van der Waals surface area contributed by atoms with Gasteiger partial charge in [-0.05, 0) is 61.2 Å². The number of carboxylic acid groups (broad SMARTS) is 1. The van der Waals surface area contributed by atoms with E-state index in [1.165, 1.54) is 48.3 Å². The molecule has 0 aromatic heterocycles. The van der Waals surface area contributed by atoms with E-state index in [1.54, 1.807) is 7.05 Å². The highest BCUT2D eigenvalue weighted by Gasteiger charge is 2.41. The Kier molecular flexibility index (Phi) is 8.60. The van der Waals surface area contributed by atoms with Crippen LogP contribution in [0.25, 0.3) is 0 Å². The number of carbonyl (C=O) groups is 2. The van der Waals surface area contributed by atoms with Crippen molar-refractivity contribution < 1.29 is 24.2 Å². The molecule has 39 heavy (non-hydrogen) atoms. The van der Waals surface area contributed by atoms with Crippen LogP contribution in [0.4, 0.5) is 11.4 Å². The molecular weight excluding hydrogens is 494 g/mol. The molecule has 1 amide bonds. The standard InChI is InChI=1S/C31H41N3O5/c1-21-26-20-25(34-16-18-38-19-17-34)12-13-27(26)39-30(21)29(22-6-4-3-5-7-22)32-24-10-8-23(9-11-24)31(37)33(2)15-14-28(35)36/h8-13,20-22,29-30,32H,3-7,14-19H2,1-2H3,(H,35,36). The van der Waals surface area contributed by atoms with Crippen LogP contribution in [0.5, 0.6) is 5.75 Å². The Morgan fingerprint density at radius 3 is 2.49 bits per heavy atom. The minimum atomic E-state index is -0.911. The van der Waals surface area contributed by atoms with Crippen molar-refractivity contribution in [3.63, 3.8) is 0 Å². The largest absolute Gasteiger partial charge is 0.487 e. The Balaban J connectivity index is 1.32. The Bertz CT molecular complexity index is 1140. The number of nitrogens with zero attached hydrogens (tertiary/aromatic N) is 2. The molecule has 2 aromatic rings. The van der Waals surface area contributed by atoms with Gasteiger partial charge in [-0.2, -0.15) is 0 Å². The molecule has 8 heteroatoms. The number of anilines is 2. The number of carbonyl (C=O) groups excluding carboxylic acids is 1. The van der Waals surface area contributed by atoms with E-state index in [1.807, 2.05) is 24.3 Å². The van der Waals surface area contributed by atoms with E-state index in [0.29, 0.717) is 11.5 Å². The summed E-state index contributed by atoms with van der Waals surface area (Å²) in [6.07, 6.45) is 6.10. The number of aliphatic carboxylic acids is 1. The third-order valence-corrected chi connectivity index (χ3v) is 8.60. The monoisotopic (exact) mass is 535 g/mol. The van der Waals surface area contributed by atoms with Crippen molar-refractivity contribution in [3.05, 3.63) is 53.6 Å². The average molecular weight is 536 g/mol. The second-order valence-electron chi connectivity index (χ2n) is 11.2. The van der Waals surface area contributed by atoms with Gasteiger partial charge < -0.3 is 29.7 Å². The number of nitrogens with one attached hydrogen (secondary N) is 1. The number of rotatable bonds is 9. The number of carboxylic acids is 1. The van der Waals surface area contributed by atoms with Crippen LogP contribution in [-0.2, 0) is 9.53 Å². The Hall–Kier alpha value is -3.26. The van der Waals surface area contributed by atoms with Crippen LogP contribution in [0.2, 0.25) is 0 Å². The first-order valence-electron chi connectivity index (χ1n) is 14.4. The van der Waals surface area contributed by atoms with Gasteiger partial charge in [-0.3, -0.25) is 9.59 Å². The van der Waals surface area contributed by atoms with Crippen LogP contribution in [0, 0.1) is 5.92 Å². The third kappa shape index (κ3) is 6.32. The summed E-state index contributed by atoms with van der Waals surface area (Å²) < 4.78 is 12.2. The van der Waals surface area contributed by atoms with Gasteiger partial charge in [0, 0.05) is 55.1 Å². The van der Waals surface area contributed by atoms with Gasteiger partial charge in [0.25, 0.3) is 5.91 Å². The second kappa shape index (κ2) is 12.3. The number of hydrogen-bond acceptors (Lipinski definition) is 6. The first-order chi connectivity index (χ1) is 18.9. The molecule has 0 radical (unpaired) electrons. The lowest BCUT2D eigenvalue weighted by Gasteiger charge is -2.36. The lowest BCUT2D eigenvalue weighted by molar-refractivity contribution is -0.137. The maximum absolute atomic E-state index is 12.7. The molecule has 2 aromatic carbocycles. The van der Waals surface area contributed by atoms with Gasteiger partial charge >= 0.3 is 5.97 Å². The van der Waals surface area contributed by atoms with Crippen LogP contribution in [0.1, 0.15) is 67.3 Å². The maximum atomic E-state index is 12.7. The van der Waals surface area contributed by atoms with Crippen LogP contribution in [-0.4, -0.2) is 73.9 Å². The predicted molar refractivity (Wildman–Crippen MR) is 152 cm³/mol. The molecule has 2 aliphatic heterocycles. The number of morpholine rings is 1.